The molecule has 8 aromatic rings. The summed E-state index contributed by atoms with van der Waals surface area (Å²) in [6.07, 6.45) is 0. The highest BCUT2D eigenvalue weighted by Gasteiger charge is 2.39. The Morgan fingerprint density at radius 1 is 0.343 bits per heavy atom. The van der Waals surface area contributed by atoms with Crippen LogP contribution >= 0.6 is 0 Å². The van der Waals surface area contributed by atoms with Crippen molar-refractivity contribution in [1.29, 1.82) is 0 Å². The largest absolute Gasteiger partial charge is 0.478 e. The number of carboxylic acid groups (broad SMARTS) is 2. The average Bonchev–Trinajstić information content (AvgIpc) is 3.75. The summed E-state index contributed by atoms with van der Waals surface area (Å²) in [5.41, 5.74) is 2.24. The molecule has 0 bridgehead atoms. The lowest BCUT2D eigenvalue weighted by atomic mass is 10.0. The molecule has 8 aromatic carbocycles. The van der Waals surface area contributed by atoms with Gasteiger partial charge in [0, 0.05) is 11.1 Å². The number of hydrogen-bond acceptors (Lipinski definition) is 9. The van der Waals surface area contributed by atoms with E-state index in [0.717, 1.165) is 9.80 Å². The fourth-order valence-electron chi connectivity index (χ4n) is 7.93. The number of para-hydroxylation sites is 2. The molecule has 0 atom stereocenters. The minimum Gasteiger partial charge on any atom is -0.478 e. The molecule has 67 heavy (non-hydrogen) atoms. The molecular weight excluding hydrogens is 853 g/mol. The maximum Gasteiger partial charge on any atom is 0.335 e. The highest BCUT2D eigenvalue weighted by molar-refractivity contribution is 6.35. The van der Waals surface area contributed by atoms with Crippen molar-refractivity contribution in [1.82, 2.24) is 0 Å². The van der Waals surface area contributed by atoms with Gasteiger partial charge >= 0.3 is 11.9 Å². The number of carboxylic acids is 2. The van der Waals surface area contributed by atoms with E-state index in [1.54, 1.807) is 84.9 Å². The van der Waals surface area contributed by atoms with E-state index >= 15 is 0 Å². The summed E-state index contributed by atoms with van der Waals surface area (Å²) in [7, 11) is 0. The number of benzene rings is 8. The Hall–Kier alpha value is -9.62. The van der Waals surface area contributed by atoms with Gasteiger partial charge in [-0.05, 0) is 132 Å². The molecule has 0 fully saturated rings. The second-order valence-corrected chi connectivity index (χ2v) is 15.4. The van der Waals surface area contributed by atoms with Crippen LogP contribution in [0.2, 0.25) is 0 Å². The smallest absolute Gasteiger partial charge is 0.335 e. The van der Waals surface area contributed by atoms with Gasteiger partial charge in [-0.15, -0.1) is 0 Å². The number of aromatic carboxylic acids is 2. The molecule has 0 aliphatic carbocycles. The molecule has 4 amide bonds. The highest BCUT2D eigenvalue weighted by atomic mass is 16.5. The fraction of sp³-hybridized carbons (Fsp3) is 0. The van der Waals surface area contributed by atoms with E-state index in [2.05, 4.69) is 0 Å². The van der Waals surface area contributed by atoms with Crippen LogP contribution in [0.25, 0.3) is 22.3 Å². The Morgan fingerprint density at radius 2 is 0.701 bits per heavy atom. The van der Waals surface area contributed by atoms with Gasteiger partial charge in [-0.3, -0.25) is 19.2 Å². The molecule has 2 N–H and O–H groups in total. The highest BCUT2D eigenvalue weighted by Crippen LogP contribution is 2.44. The first-order valence-electron chi connectivity index (χ1n) is 20.7. The van der Waals surface area contributed by atoms with Crippen LogP contribution in [0.5, 0.6) is 34.5 Å². The van der Waals surface area contributed by atoms with E-state index in [9.17, 15) is 39.0 Å². The predicted molar refractivity (Wildman–Crippen MR) is 246 cm³/mol. The van der Waals surface area contributed by atoms with Gasteiger partial charge in [0.25, 0.3) is 23.6 Å². The van der Waals surface area contributed by atoms with Crippen LogP contribution in [0, 0.1) is 0 Å². The zero-order valence-corrected chi connectivity index (χ0v) is 34.8. The van der Waals surface area contributed by atoms with Gasteiger partial charge in [0.1, 0.15) is 34.5 Å². The second-order valence-electron chi connectivity index (χ2n) is 15.4. The second kappa shape index (κ2) is 16.8. The van der Waals surface area contributed by atoms with Crippen molar-refractivity contribution in [3.8, 4) is 56.8 Å². The van der Waals surface area contributed by atoms with Crippen LogP contribution in [0.3, 0.4) is 0 Å². The molecule has 2 heterocycles. The van der Waals surface area contributed by atoms with Crippen LogP contribution in [-0.2, 0) is 0 Å². The topological polar surface area (TPSA) is 177 Å². The predicted octanol–water partition coefficient (Wildman–Crippen LogP) is 11.4. The van der Waals surface area contributed by atoms with Crippen molar-refractivity contribution in [3.05, 3.63) is 215 Å². The minimum atomic E-state index is -1.24. The number of carbonyl (C=O) groups excluding carboxylic acids is 4. The number of ether oxygens (including phenoxy) is 3. The summed E-state index contributed by atoms with van der Waals surface area (Å²) < 4.78 is 18.9. The zero-order chi connectivity index (χ0) is 46.3. The molecule has 0 unspecified atom stereocenters. The Morgan fingerprint density at radius 3 is 1.07 bits per heavy atom. The fourth-order valence-corrected chi connectivity index (χ4v) is 7.93. The van der Waals surface area contributed by atoms with Crippen LogP contribution < -0.4 is 24.0 Å². The van der Waals surface area contributed by atoms with Crippen molar-refractivity contribution in [2.45, 2.75) is 0 Å². The zero-order valence-electron chi connectivity index (χ0n) is 34.8. The summed E-state index contributed by atoms with van der Waals surface area (Å²) in [5, 5.41) is 19.2. The van der Waals surface area contributed by atoms with Crippen molar-refractivity contribution >= 4 is 46.9 Å². The number of nitrogens with zero attached hydrogens (tertiary/aromatic N) is 2. The third kappa shape index (κ3) is 7.78. The quantitative estimate of drug-likeness (QED) is 0.112. The molecule has 0 radical (unpaired) electrons. The Balaban J connectivity index is 1.06. The maximum atomic E-state index is 13.8. The van der Waals surface area contributed by atoms with Gasteiger partial charge in [-0.2, -0.15) is 0 Å². The van der Waals surface area contributed by atoms with Crippen LogP contribution in [0.4, 0.5) is 11.4 Å². The van der Waals surface area contributed by atoms with E-state index in [1.165, 1.54) is 36.4 Å². The molecule has 13 nitrogen and oxygen atoms in total. The van der Waals surface area contributed by atoms with Gasteiger partial charge in [0.05, 0.1) is 44.8 Å². The number of anilines is 2. The van der Waals surface area contributed by atoms with Gasteiger partial charge in [0.2, 0.25) is 0 Å². The van der Waals surface area contributed by atoms with Gasteiger partial charge < -0.3 is 24.4 Å². The maximum absolute atomic E-state index is 13.8. The summed E-state index contributed by atoms with van der Waals surface area (Å²) in [6.45, 7) is 0. The molecule has 13 heteroatoms. The number of fused-ring (bicyclic) bond motifs is 2. The number of imide groups is 2. The molecule has 2 aliphatic rings. The van der Waals surface area contributed by atoms with Crippen molar-refractivity contribution in [2.75, 3.05) is 9.80 Å². The Kier molecular flexibility index (Phi) is 10.4. The molecule has 0 saturated heterocycles. The van der Waals surface area contributed by atoms with Crippen LogP contribution in [0.15, 0.2) is 182 Å². The summed E-state index contributed by atoms with van der Waals surface area (Å²) in [5.74, 6) is -2.26. The van der Waals surface area contributed by atoms with E-state index in [-0.39, 0.29) is 56.3 Å². The van der Waals surface area contributed by atoms with Gasteiger partial charge in [0.15, 0.2) is 0 Å². The van der Waals surface area contributed by atoms with E-state index < -0.39 is 35.6 Å². The van der Waals surface area contributed by atoms with Gasteiger partial charge in [-0.1, -0.05) is 60.7 Å². The minimum absolute atomic E-state index is 0.0421. The van der Waals surface area contributed by atoms with Crippen LogP contribution in [0.1, 0.15) is 62.1 Å². The SMILES string of the molecule is O=C(O)c1ccc2c(c1)C(=O)N(c1ccc(Oc3ccc(N4C(=O)c5ccc(C(=O)O)cc5C4=O)cc3-c3ccc(Oc4ccccc4)cc3)c(-c3ccc(Oc4ccccc4)cc3)c1)C2=O. The molecule has 2 aliphatic heterocycles. The lowest BCUT2D eigenvalue weighted by molar-refractivity contribution is 0.0686. The number of amides is 4. The third-order valence-electron chi connectivity index (χ3n) is 11.2. The van der Waals surface area contributed by atoms with Crippen molar-refractivity contribution < 1.29 is 53.2 Å². The Bertz CT molecular complexity index is 3130. The molecule has 0 saturated carbocycles. The monoisotopic (exact) mass is 884 g/mol. The number of rotatable bonds is 12. The first kappa shape index (κ1) is 41.4. The standard InChI is InChI=1S/C54H32N2O11/c57-49-41-23-15-33(53(61)62)27-45(41)51(59)55(49)35-17-25-47(43(29-35)31-11-19-39(20-12-31)65-37-7-3-1-4-8-37)67-48-26-18-36(56-50(58)42-24-16-34(54(63)64)28-46(42)52(56)60)30-44(48)32-13-21-40(22-14-32)66-38-9-5-2-6-10-38/h1-30H,(H,61,62)(H,63,64). The first-order chi connectivity index (χ1) is 32.5. The third-order valence-corrected chi connectivity index (χ3v) is 11.2. The Labute approximate surface area is 380 Å². The van der Waals surface area contributed by atoms with Crippen molar-refractivity contribution in [3.63, 3.8) is 0 Å². The lowest BCUT2D eigenvalue weighted by Gasteiger charge is -2.21. The number of carbonyl (C=O) groups is 6. The molecule has 324 valence electrons. The molecule has 10 rings (SSSR count). The lowest BCUT2D eigenvalue weighted by Crippen LogP contribution is -2.29. The molecule has 0 spiro atoms. The number of hydrogen-bond donors (Lipinski definition) is 2. The van der Waals surface area contributed by atoms with Crippen LogP contribution in [-0.4, -0.2) is 45.8 Å². The van der Waals surface area contributed by atoms with Crippen molar-refractivity contribution in [2.24, 2.45) is 0 Å². The average molecular weight is 885 g/mol. The van der Waals surface area contributed by atoms with E-state index in [4.69, 9.17) is 14.2 Å². The first-order valence-corrected chi connectivity index (χ1v) is 20.7. The summed E-state index contributed by atoms with van der Waals surface area (Å²) in [4.78, 5) is 80.7. The molecule has 0 aromatic heterocycles. The van der Waals surface area contributed by atoms with E-state index in [0.29, 0.717) is 45.3 Å². The summed E-state index contributed by atoms with van der Waals surface area (Å²) >= 11 is 0. The normalized spacial score (nSPS) is 12.8. The van der Waals surface area contributed by atoms with E-state index in [1.807, 2.05) is 60.7 Å². The summed E-state index contributed by atoms with van der Waals surface area (Å²) in [6, 6.07) is 49.7. The molecular formula is C54H32N2O11. The van der Waals surface area contributed by atoms with Gasteiger partial charge in [-0.25, -0.2) is 19.4 Å².